The molecule has 2 aromatic rings. The van der Waals surface area contributed by atoms with Crippen molar-refractivity contribution in [2.75, 3.05) is 27.8 Å². The molecule has 6 heteroatoms. The number of amides is 2. The Kier molecular flexibility index (Phi) is 5.54. The van der Waals surface area contributed by atoms with Crippen LogP contribution in [0, 0.1) is 5.82 Å². The van der Waals surface area contributed by atoms with Crippen molar-refractivity contribution >= 4 is 6.03 Å². The molecule has 3 rings (SSSR count). The second-order valence-corrected chi connectivity index (χ2v) is 6.96. The maximum atomic E-state index is 13.8. The van der Waals surface area contributed by atoms with Crippen molar-refractivity contribution in [1.29, 1.82) is 0 Å². The summed E-state index contributed by atoms with van der Waals surface area (Å²) < 4.78 is 24.2. The number of carbonyl (C=O) groups excluding carboxylic acids is 1. The Morgan fingerprint density at radius 1 is 1.15 bits per heavy atom. The highest BCUT2D eigenvalue weighted by Crippen LogP contribution is 2.50. The largest absolute Gasteiger partial charge is 0.496 e. The predicted octanol–water partition coefficient (Wildman–Crippen LogP) is 3.72. The van der Waals surface area contributed by atoms with Crippen LogP contribution in [0.5, 0.6) is 11.5 Å². The summed E-state index contributed by atoms with van der Waals surface area (Å²) in [5.41, 5.74) is 1.78. The van der Waals surface area contributed by atoms with Crippen LogP contribution in [-0.4, -0.2) is 38.7 Å². The van der Waals surface area contributed by atoms with E-state index < -0.39 is 5.82 Å². The zero-order chi connectivity index (χ0) is 19.4. The van der Waals surface area contributed by atoms with Crippen LogP contribution in [0.4, 0.5) is 9.18 Å². The monoisotopic (exact) mass is 372 g/mol. The van der Waals surface area contributed by atoms with E-state index in [2.05, 4.69) is 11.4 Å². The quantitative estimate of drug-likeness (QED) is 0.806. The SMILES string of the molecule is COc1ccc(CN(C)C(=O)NCC2(c3ccccc3OC)CC2)cc1F. The topological polar surface area (TPSA) is 50.8 Å². The molecule has 1 fully saturated rings. The van der Waals surface area contributed by atoms with E-state index in [4.69, 9.17) is 9.47 Å². The highest BCUT2D eigenvalue weighted by molar-refractivity contribution is 5.74. The number of para-hydroxylation sites is 1. The molecule has 1 saturated carbocycles. The molecule has 0 heterocycles. The van der Waals surface area contributed by atoms with E-state index in [1.807, 2.05) is 18.2 Å². The summed E-state index contributed by atoms with van der Waals surface area (Å²) in [4.78, 5) is 14.0. The first-order valence-electron chi connectivity index (χ1n) is 8.94. The summed E-state index contributed by atoms with van der Waals surface area (Å²) in [6.07, 6.45) is 2.03. The molecule has 1 aliphatic carbocycles. The van der Waals surface area contributed by atoms with E-state index in [1.54, 1.807) is 31.2 Å². The third-order valence-electron chi connectivity index (χ3n) is 5.09. The smallest absolute Gasteiger partial charge is 0.317 e. The summed E-state index contributed by atoms with van der Waals surface area (Å²) in [5.74, 6) is 0.613. The lowest BCUT2D eigenvalue weighted by atomic mass is 9.95. The Morgan fingerprint density at radius 2 is 1.85 bits per heavy atom. The Hall–Kier alpha value is -2.76. The average Bonchev–Trinajstić information content (AvgIpc) is 3.47. The molecule has 1 aliphatic rings. The summed E-state index contributed by atoms with van der Waals surface area (Å²) in [7, 11) is 4.78. The Balaban J connectivity index is 1.60. The molecule has 144 valence electrons. The highest BCUT2D eigenvalue weighted by Gasteiger charge is 2.46. The maximum Gasteiger partial charge on any atom is 0.317 e. The summed E-state index contributed by atoms with van der Waals surface area (Å²) >= 11 is 0. The Bertz CT molecular complexity index is 821. The van der Waals surface area contributed by atoms with Crippen molar-refractivity contribution in [1.82, 2.24) is 10.2 Å². The lowest BCUT2D eigenvalue weighted by molar-refractivity contribution is 0.205. The van der Waals surface area contributed by atoms with Gasteiger partial charge in [-0.15, -0.1) is 0 Å². The fourth-order valence-corrected chi connectivity index (χ4v) is 3.31. The van der Waals surface area contributed by atoms with Crippen LogP contribution in [0.15, 0.2) is 42.5 Å². The van der Waals surface area contributed by atoms with Crippen molar-refractivity contribution in [3.63, 3.8) is 0 Å². The number of nitrogens with one attached hydrogen (secondary N) is 1. The minimum atomic E-state index is -0.433. The molecule has 1 N–H and O–H groups in total. The van der Waals surface area contributed by atoms with Crippen LogP contribution in [-0.2, 0) is 12.0 Å². The molecule has 0 spiro atoms. The number of benzene rings is 2. The Labute approximate surface area is 159 Å². The van der Waals surface area contributed by atoms with Crippen LogP contribution in [0.1, 0.15) is 24.0 Å². The molecule has 27 heavy (non-hydrogen) atoms. The highest BCUT2D eigenvalue weighted by atomic mass is 19.1. The second-order valence-electron chi connectivity index (χ2n) is 6.96. The molecule has 0 unspecified atom stereocenters. The van der Waals surface area contributed by atoms with Gasteiger partial charge in [0.1, 0.15) is 5.75 Å². The van der Waals surface area contributed by atoms with Crippen LogP contribution in [0.3, 0.4) is 0 Å². The van der Waals surface area contributed by atoms with E-state index in [9.17, 15) is 9.18 Å². The minimum absolute atomic E-state index is 0.0602. The standard InChI is InChI=1S/C21H25FN2O3/c1-24(13-15-8-9-19(27-3)17(22)12-15)20(25)23-14-21(10-11-21)16-6-4-5-7-18(16)26-2/h4-9,12H,10-11,13-14H2,1-3H3,(H,23,25). The third-order valence-corrected chi connectivity index (χ3v) is 5.09. The fraction of sp³-hybridized carbons (Fsp3) is 0.381. The van der Waals surface area contributed by atoms with Crippen molar-refractivity contribution in [2.45, 2.75) is 24.8 Å². The first-order chi connectivity index (χ1) is 13.0. The zero-order valence-electron chi connectivity index (χ0n) is 15.9. The van der Waals surface area contributed by atoms with Gasteiger partial charge in [0.05, 0.1) is 14.2 Å². The summed E-state index contributed by atoms with van der Waals surface area (Å²) in [5, 5.41) is 3.01. The molecule has 5 nitrogen and oxygen atoms in total. The normalized spacial score (nSPS) is 14.4. The van der Waals surface area contributed by atoms with Crippen molar-refractivity contribution in [2.24, 2.45) is 0 Å². The second kappa shape index (κ2) is 7.86. The van der Waals surface area contributed by atoms with Gasteiger partial charge in [-0.1, -0.05) is 24.3 Å². The summed E-state index contributed by atoms with van der Waals surface area (Å²) in [6, 6.07) is 12.5. The number of methoxy groups -OCH3 is 2. The first-order valence-corrected chi connectivity index (χ1v) is 8.94. The maximum absolute atomic E-state index is 13.8. The number of carbonyl (C=O) groups is 1. The van der Waals surface area contributed by atoms with Gasteiger partial charge in [0.25, 0.3) is 0 Å². The minimum Gasteiger partial charge on any atom is -0.496 e. The van der Waals surface area contributed by atoms with Crippen molar-refractivity contribution < 1.29 is 18.7 Å². The molecule has 2 amide bonds. The first kappa shape index (κ1) is 19.0. The molecule has 0 radical (unpaired) electrons. The van der Waals surface area contributed by atoms with Crippen molar-refractivity contribution in [3.8, 4) is 11.5 Å². The van der Waals surface area contributed by atoms with Crippen LogP contribution in [0.2, 0.25) is 0 Å². The number of ether oxygens (including phenoxy) is 2. The molecule has 0 aromatic heterocycles. The number of urea groups is 1. The lowest BCUT2D eigenvalue weighted by Gasteiger charge is -2.23. The molecule has 0 atom stereocenters. The lowest BCUT2D eigenvalue weighted by Crippen LogP contribution is -2.40. The zero-order valence-corrected chi connectivity index (χ0v) is 15.9. The van der Waals surface area contributed by atoms with Gasteiger partial charge in [0.2, 0.25) is 0 Å². The predicted molar refractivity (Wildman–Crippen MR) is 102 cm³/mol. The summed E-state index contributed by atoms with van der Waals surface area (Å²) in [6.45, 7) is 0.863. The Morgan fingerprint density at radius 3 is 2.48 bits per heavy atom. The third kappa shape index (κ3) is 4.15. The van der Waals surface area contributed by atoms with E-state index in [1.165, 1.54) is 13.2 Å². The van der Waals surface area contributed by atoms with Gasteiger partial charge in [-0.3, -0.25) is 0 Å². The van der Waals surface area contributed by atoms with E-state index in [0.717, 1.165) is 24.2 Å². The van der Waals surface area contributed by atoms with Crippen molar-refractivity contribution in [3.05, 3.63) is 59.4 Å². The number of hydrogen-bond donors (Lipinski definition) is 1. The molecule has 2 aromatic carbocycles. The van der Waals surface area contributed by atoms with E-state index in [-0.39, 0.29) is 17.2 Å². The van der Waals surface area contributed by atoms with Crippen LogP contribution < -0.4 is 14.8 Å². The van der Waals surface area contributed by atoms with Gasteiger partial charge >= 0.3 is 6.03 Å². The molecular formula is C21H25FN2O3. The molecule has 0 saturated heterocycles. The van der Waals surface area contributed by atoms with E-state index >= 15 is 0 Å². The number of halogens is 1. The number of rotatable bonds is 7. The fourth-order valence-electron chi connectivity index (χ4n) is 3.31. The van der Waals surface area contributed by atoms with Gasteiger partial charge in [-0.05, 0) is 36.6 Å². The van der Waals surface area contributed by atoms with Gasteiger partial charge in [-0.2, -0.15) is 0 Å². The molecule has 0 bridgehead atoms. The average molecular weight is 372 g/mol. The molecule has 0 aliphatic heterocycles. The van der Waals surface area contributed by atoms with Crippen LogP contribution >= 0.6 is 0 Å². The number of nitrogens with zero attached hydrogens (tertiary/aromatic N) is 1. The van der Waals surface area contributed by atoms with Gasteiger partial charge in [0.15, 0.2) is 11.6 Å². The van der Waals surface area contributed by atoms with Gasteiger partial charge in [0, 0.05) is 31.1 Å². The number of hydrogen-bond acceptors (Lipinski definition) is 3. The van der Waals surface area contributed by atoms with Gasteiger partial charge in [-0.25, -0.2) is 9.18 Å². The van der Waals surface area contributed by atoms with E-state index in [0.29, 0.717) is 18.7 Å². The van der Waals surface area contributed by atoms with Crippen LogP contribution in [0.25, 0.3) is 0 Å². The molecular weight excluding hydrogens is 347 g/mol. The van der Waals surface area contributed by atoms with Gasteiger partial charge < -0.3 is 19.7 Å².